The van der Waals surface area contributed by atoms with Crippen LogP contribution in [0.1, 0.15) is 0 Å². The average Bonchev–Trinajstić information content (AvgIpc) is 2.32. The summed E-state index contributed by atoms with van der Waals surface area (Å²) < 4.78 is 58.4. The molecule has 0 atom stereocenters. The highest BCUT2D eigenvalue weighted by atomic mass is 32.3. The van der Waals surface area contributed by atoms with E-state index in [4.69, 9.17) is 4.55 Å². The lowest BCUT2D eigenvalue weighted by Crippen LogP contribution is -1.96. The van der Waals surface area contributed by atoms with E-state index in [1.165, 1.54) is 0 Å². The number of hydrogen-bond acceptors (Lipinski definition) is 7. The van der Waals surface area contributed by atoms with Gasteiger partial charge in [-0.2, -0.15) is 16.8 Å². The Kier molecular flexibility index (Phi) is 5.01. The van der Waals surface area contributed by atoms with Gasteiger partial charge in [0.1, 0.15) is 6.26 Å². The molecule has 14 heavy (non-hydrogen) atoms. The molecule has 0 aromatic carbocycles. The second-order valence-corrected chi connectivity index (χ2v) is 4.08. The van der Waals surface area contributed by atoms with E-state index in [1.54, 1.807) is 0 Å². The third-order valence-electron chi connectivity index (χ3n) is 0.728. The van der Waals surface area contributed by atoms with Crippen LogP contribution in [0.25, 0.3) is 0 Å². The Morgan fingerprint density at radius 3 is 1.86 bits per heavy atom. The molecule has 8 nitrogen and oxygen atoms in total. The molecule has 0 unspecified atom stereocenters. The molecule has 0 radical (unpaired) electrons. The van der Waals surface area contributed by atoms with E-state index < -0.39 is 20.8 Å². The Morgan fingerprint density at radius 1 is 1.36 bits per heavy atom. The highest BCUT2D eigenvalue weighted by molar-refractivity contribution is 7.82. The van der Waals surface area contributed by atoms with Crippen LogP contribution in [-0.4, -0.2) is 34.6 Å². The highest BCUT2D eigenvalue weighted by Crippen LogP contribution is 2.02. The van der Waals surface area contributed by atoms with Gasteiger partial charge in [-0.1, -0.05) is 6.58 Å². The highest BCUT2D eigenvalue weighted by Gasteiger charge is 2.17. The topological polar surface area (TPSA) is 116 Å². The maximum absolute atomic E-state index is 9.99. The van der Waals surface area contributed by atoms with E-state index in [9.17, 15) is 16.8 Å². The van der Waals surface area contributed by atoms with Crippen molar-refractivity contribution in [2.75, 3.05) is 13.2 Å². The van der Waals surface area contributed by atoms with Crippen molar-refractivity contribution in [1.29, 1.82) is 0 Å². The number of hydrogen-bond donors (Lipinski definition) is 1. The predicted molar refractivity (Wildman–Crippen MR) is 43.7 cm³/mol. The molecular weight excluding hydrogens is 240 g/mol. The summed E-state index contributed by atoms with van der Waals surface area (Å²) in [6.45, 7) is 3.19. The molecule has 1 saturated heterocycles. The van der Waals surface area contributed by atoms with Crippen LogP contribution in [-0.2, 0) is 33.3 Å². The van der Waals surface area contributed by atoms with Crippen LogP contribution in [0.3, 0.4) is 0 Å². The first-order valence-electron chi connectivity index (χ1n) is 3.07. The van der Waals surface area contributed by atoms with Gasteiger partial charge in [-0.3, -0.25) is 4.55 Å². The number of rotatable bonds is 2. The van der Waals surface area contributed by atoms with Crippen LogP contribution in [0.5, 0.6) is 0 Å². The van der Waals surface area contributed by atoms with Crippen molar-refractivity contribution in [1.82, 2.24) is 0 Å². The van der Waals surface area contributed by atoms with Crippen LogP contribution < -0.4 is 0 Å². The van der Waals surface area contributed by atoms with Gasteiger partial charge in [0.2, 0.25) is 0 Å². The second kappa shape index (κ2) is 5.26. The normalized spacial score (nSPS) is 19.2. The molecule has 1 aliphatic heterocycles. The predicted octanol–water partition coefficient (Wildman–Crippen LogP) is -0.773. The molecule has 1 aliphatic rings. The Hall–Kier alpha value is -0.680. The summed E-state index contributed by atoms with van der Waals surface area (Å²) in [4.78, 5) is 0. The van der Waals surface area contributed by atoms with E-state index in [2.05, 4.69) is 19.1 Å². The van der Waals surface area contributed by atoms with Crippen LogP contribution >= 0.6 is 0 Å². The molecule has 10 heteroatoms. The standard InChI is InChI=1S/2C2H4O4S/c3-7(4)5-1-2-6-7;1-2-6-7(3,4)5/h1-2H2;2H,1H2,(H,3,4,5). The van der Waals surface area contributed by atoms with Crippen LogP contribution in [0.15, 0.2) is 12.8 Å². The van der Waals surface area contributed by atoms with Crippen LogP contribution in [0, 0.1) is 0 Å². The largest absolute Gasteiger partial charge is 0.445 e. The summed E-state index contributed by atoms with van der Waals surface area (Å²) in [5.41, 5.74) is 0. The molecule has 0 saturated carbocycles. The minimum absolute atomic E-state index is 0.155. The van der Waals surface area contributed by atoms with Gasteiger partial charge in [0.15, 0.2) is 0 Å². The lowest BCUT2D eigenvalue weighted by atomic mass is 10.8. The molecular formula is C4H8O8S2. The fourth-order valence-electron chi connectivity index (χ4n) is 0.392. The molecule has 0 aromatic rings. The zero-order valence-corrected chi connectivity index (χ0v) is 8.45. The fraction of sp³-hybridized carbons (Fsp3) is 0.500. The molecule has 1 fully saturated rings. The van der Waals surface area contributed by atoms with Gasteiger partial charge >= 0.3 is 20.8 Å². The first kappa shape index (κ1) is 13.3. The first-order valence-corrected chi connectivity index (χ1v) is 5.77. The fourth-order valence-corrected chi connectivity index (χ4v) is 1.18. The maximum Gasteiger partial charge on any atom is 0.445 e. The van der Waals surface area contributed by atoms with Crippen molar-refractivity contribution >= 4 is 20.8 Å². The van der Waals surface area contributed by atoms with Crippen molar-refractivity contribution in [3.05, 3.63) is 12.8 Å². The van der Waals surface area contributed by atoms with E-state index in [0.29, 0.717) is 6.26 Å². The smallest absolute Gasteiger partial charge is 0.370 e. The van der Waals surface area contributed by atoms with E-state index in [0.717, 1.165) is 0 Å². The van der Waals surface area contributed by atoms with Gasteiger partial charge < -0.3 is 4.18 Å². The van der Waals surface area contributed by atoms with Crippen LogP contribution in [0.2, 0.25) is 0 Å². The van der Waals surface area contributed by atoms with Crippen molar-refractivity contribution < 1.29 is 33.9 Å². The van der Waals surface area contributed by atoms with Gasteiger partial charge in [0, 0.05) is 0 Å². The van der Waals surface area contributed by atoms with Gasteiger partial charge in [-0.25, -0.2) is 8.37 Å². The third kappa shape index (κ3) is 7.94. The molecule has 0 spiro atoms. The molecule has 0 aromatic heterocycles. The third-order valence-corrected chi connectivity index (χ3v) is 2.02. The van der Waals surface area contributed by atoms with Crippen LogP contribution in [0.4, 0.5) is 0 Å². The Morgan fingerprint density at radius 2 is 1.79 bits per heavy atom. The van der Waals surface area contributed by atoms with Gasteiger partial charge in [-0.15, -0.1) is 0 Å². The first-order chi connectivity index (χ1) is 6.27. The zero-order valence-electron chi connectivity index (χ0n) is 6.82. The lowest BCUT2D eigenvalue weighted by molar-refractivity contribution is 0.356. The molecule has 1 rings (SSSR count). The minimum Gasteiger partial charge on any atom is -0.370 e. The zero-order chi connectivity index (χ0) is 11.2. The van der Waals surface area contributed by atoms with Gasteiger partial charge in [-0.05, 0) is 0 Å². The maximum atomic E-state index is 9.99. The quantitative estimate of drug-likeness (QED) is 0.500. The Balaban J connectivity index is 0.000000241. The lowest BCUT2D eigenvalue weighted by Gasteiger charge is -1.86. The molecule has 1 N–H and O–H groups in total. The molecule has 84 valence electrons. The van der Waals surface area contributed by atoms with Crippen molar-refractivity contribution in [2.45, 2.75) is 0 Å². The molecule has 0 bridgehead atoms. The summed E-state index contributed by atoms with van der Waals surface area (Å²) in [6, 6.07) is 0. The summed E-state index contributed by atoms with van der Waals surface area (Å²) >= 11 is 0. The molecule has 0 aliphatic carbocycles. The average molecular weight is 248 g/mol. The van der Waals surface area contributed by atoms with Crippen molar-refractivity contribution in [2.24, 2.45) is 0 Å². The van der Waals surface area contributed by atoms with Crippen molar-refractivity contribution in [3.8, 4) is 0 Å². The van der Waals surface area contributed by atoms with Gasteiger partial charge in [0.25, 0.3) is 0 Å². The van der Waals surface area contributed by atoms with E-state index in [1.807, 2.05) is 0 Å². The monoisotopic (exact) mass is 248 g/mol. The van der Waals surface area contributed by atoms with E-state index >= 15 is 0 Å². The molecule has 0 amide bonds. The molecule has 1 heterocycles. The second-order valence-electron chi connectivity index (χ2n) is 1.74. The summed E-state index contributed by atoms with van der Waals surface area (Å²) in [5.74, 6) is 0. The van der Waals surface area contributed by atoms with Gasteiger partial charge in [0.05, 0.1) is 13.2 Å². The minimum atomic E-state index is -4.29. The Labute approximate surface area is 81.4 Å². The summed E-state index contributed by atoms with van der Waals surface area (Å²) in [7, 11) is -7.84. The summed E-state index contributed by atoms with van der Waals surface area (Å²) in [6.07, 6.45) is 0.620. The van der Waals surface area contributed by atoms with E-state index in [-0.39, 0.29) is 13.2 Å². The summed E-state index contributed by atoms with van der Waals surface area (Å²) in [5, 5.41) is 0. The Bertz CT molecular complexity index is 352. The SMILES string of the molecule is C=COS(=O)(=O)O.O=S1(=O)OCCO1. The van der Waals surface area contributed by atoms with Crippen molar-refractivity contribution in [3.63, 3.8) is 0 Å².